The molecule has 0 bridgehead atoms. The van der Waals surface area contributed by atoms with E-state index in [1.54, 1.807) is 0 Å². The minimum Gasteiger partial charge on any atom is -0.392 e. The maximum absolute atomic E-state index is 12.0. The summed E-state index contributed by atoms with van der Waals surface area (Å²) in [5, 5.41) is 9.98. The van der Waals surface area contributed by atoms with Crippen molar-refractivity contribution < 1.29 is 9.90 Å². The Kier molecular flexibility index (Phi) is 3.02. The molecule has 1 saturated carbocycles. The number of aliphatic hydroxyl groups is 1. The Morgan fingerprint density at radius 1 is 1.38 bits per heavy atom. The number of hydrogen-bond donors (Lipinski definition) is 1. The lowest BCUT2D eigenvalue weighted by molar-refractivity contribution is -0.115. The fourth-order valence-corrected chi connectivity index (χ4v) is 2.99. The number of fused-ring (bicyclic) bond motifs is 1. The third-order valence-electron chi connectivity index (χ3n) is 3.96. The highest BCUT2D eigenvalue weighted by molar-refractivity contribution is 5.98. The molecule has 1 N–H and O–H groups in total. The Bertz CT molecular complexity index is 384. The van der Waals surface area contributed by atoms with Gasteiger partial charge in [-0.25, -0.2) is 0 Å². The van der Waals surface area contributed by atoms with Gasteiger partial charge in [0.2, 0.25) is 0 Å². The SMILES string of the molecule is CC(C)=C1CC2C(=C(C)CC1=O)CCC2O. The first-order valence-electron chi connectivity index (χ1n) is 6.07. The summed E-state index contributed by atoms with van der Waals surface area (Å²) in [5.41, 5.74) is 4.60. The lowest BCUT2D eigenvalue weighted by atomic mass is 9.91. The van der Waals surface area contributed by atoms with Crippen molar-refractivity contribution in [2.45, 2.75) is 52.6 Å². The first kappa shape index (κ1) is 11.6. The highest BCUT2D eigenvalue weighted by atomic mass is 16.3. The van der Waals surface area contributed by atoms with Gasteiger partial charge in [-0.2, -0.15) is 0 Å². The van der Waals surface area contributed by atoms with Crippen LogP contribution in [0.25, 0.3) is 0 Å². The van der Waals surface area contributed by atoms with Gasteiger partial charge < -0.3 is 5.11 Å². The second kappa shape index (κ2) is 4.17. The monoisotopic (exact) mass is 220 g/mol. The molecule has 2 rings (SSSR count). The molecule has 1 fully saturated rings. The second-order valence-electron chi connectivity index (χ2n) is 5.30. The predicted octanol–water partition coefficient (Wildman–Crippen LogP) is 2.77. The Morgan fingerprint density at radius 3 is 2.69 bits per heavy atom. The smallest absolute Gasteiger partial charge is 0.162 e. The van der Waals surface area contributed by atoms with Gasteiger partial charge in [0.25, 0.3) is 0 Å². The summed E-state index contributed by atoms with van der Waals surface area (Å²) in [6, 6.07) is 0. The van der Waals surface area contributed by atoms with E-state index in [2.05, 4.69) is 0 Å². The van der Waals surface area contributed by atoms with Gasteiger partial charge in [-0.1, -0.05) is 16.7 Å². The van der Waals surface area contributed by atoms with Crippen LogP contribution in [0, 0.1) is 5.92 Å². The largest absolute Gasteiger partial charge is 0.392 e. The zero-order valence-corrected chi connectivity index (χ0v) is 10.3. The highest BCUT2D eigenvalue weighted by Gasteiger charge is 2.35. The van der Waals surface area contributed by atoms with Crippen molar-refractivity contribution in [3.63, 3.8) is 0 Å². The molecule has 88 valence electrons. The Labute approximate surface area is 97.0 Å². The molecule has 0 saturated heterocycles. The van der Waals surface area contributed by atoms with E-state index in [0.717, 1.165) is 30.4 Å². The lowest BCUT2D eigenvalue weighted by Gasteiger charge is -2.16. The summed E-state index contributed by atoms with van der Waals surface area (Å²) >= 11 is 0. The molecule has 2 unspecified atom stereocenters. The summed E-state index contributed by atoms with van der Waals surface area (Å²) in [4.78, 5) is 12.0. The highest BCUT2D eigenvalue weighted by Crippen LogP contribution is 2.41. The number of carbonyl (C=O) groups excluding carboxylic acids is 1. The van der Waals surface area contributed by atoms with Crippen LogP contribution in [0.4, 0.5) is 0 Å². The van der Waals surface area contributed by atoms with Gasteiger partial charge in [-0.3, -0.25) is 4.79 Å². The molecular formula is C14H20O2. The van der Waals surface area contributed by atoms with Gasteiger partial charge >= 0.3 is 0 Å². The molecule has 0 aliphatic heterocycles. The van der Waals surface area contributed by atoms with Crippen molar-refractivity contribution >= 4 is 5.78 Å². The molecule has 0 radical (unpaired) electrons. The van der Waals surface area contributed by atoms with Crippen molar-refractivity contribution in [2.24, 2.45) is 5.92 Å². The summed E-state index contributed by atoms with van der Waals surface area (Å²) in [6.07, 6.45) is 2.89. The van der Waals surface area contributed by atoms with Crippen LogP contribution in [0.5, 0.6) is 0 Å². The minimum atomic E-state index is -0.245. The van der Waals surface area contributed by atoms with E-state index in [0.29, 0.717) is 6.42 Å². The van der Waals surface area contributed by atoms with E-state index in [1.807, 2.05) is 20.8 Å². The standard InChI is InChI=1S/C14H20O2/c1-8(2)11-7-12-10(4-5-13(12)15)9(3)6-14(11)16/h12-13,15H,4-7H2,1-3H3. The summed E-state index contributed by atoms with van der Waals surface area (Å²) in [7, 11) is 0. The van der Waals surface area contributed by atoms with Crippen molar-refractivity contribution in [3.05, 3.63) is 22.3 Å². The zero-order valence-electron chi connectivity index (χ0n) is 10.3. The van der Waals surface area contributed by atoms with Crippen molar-refractivity contribution in [1.29, 1.82) is 0 Å². The molecule has 2 aliphatic rings. The van der Waals surface area contributed by atoms with E-state index in [-0.39, 0.29) is 17.8 Å². The fraction of sp³-hybridized carbons (Fsp3) is 0.643. The Balaban J connectivity index is 2.40. The third kappa shape index (κ3) is 1.86. The molecule has 0 spiro atoms. The van der Waals surface area contributed by atoms with Gasteiger partial charge in [0.1, 0.15) is 0 Å². The maximum atomic E-state index is 12.0. The van der Waals surface area contributed by atoms with Gasteiger partial charge in [0.05, 0.1) is 6.10 Å². The first-order chi connectivity index (χ1) is 7.50. The Hall–Kier alpha value is -0.890. The minimum absolute atomic E-state index is 0.205. The van der Waals surface area contributed by atoms with Crippen LogP contribution in [0.3, 0.4) is 0 Å². The topological polar surface area (TPSA) is 37.3 Å². The molecule has 0 aromatic carbocycles. The number of ketones is 1. The molecule has 16 heavy (non-hydrogen) atoms. The van der Waals surface area contributed by atoms with Crippen LogP contribution >= 0.6 is 0 Å². The zero-order chi connectivity index (χ0) is 11.9. The summed E-state index contributed by atoms with van der Waals surface area (Å²) < 4.78 is 0. The molecule has 2 aliphatic carbocycles. The van der Waals surface area contributed by atoms with Crippen molar-refractivity contribution in [3.8, 4) is 0 Å². The fourth-order valence-electron chi connectivity index (χ4n) is 2.99. The quantitative estimate of drug-likeness (QED) is 0.503. The van der Waals surface area contributed by atoms with Crippen LogP contribution in [0.2, 0.25) is 0 Å². The van der Waals surface area contributed by atoms with Crippen LogP contribution in [-0.2, 0) is 4.79 Å². The number of aliphatic hydroxyl groups excluding tert-OH is 1. The predicted molar refractivity (Wildman–Crippen MR) is 64.0 cm³/mol. The van der Waals surface area contributed by atoms with Crippen LogP contribution in [0.15, 0.2) is 22.3 Å². The molecule has 2 heteroatoms. The van der Waals surface area contributed by atoms with E-state index in [9.17, 15) is 9.90 Å². The maximum Gasteiger partial charge on any atom is 0.162 e. The van der Waals surface area contributed by atoms with E-state index in [1.165, 1.54) is 11.1 Å². The van der Waals surface area contributed by atoms with Gasteiger partial charge in [0, 0.05) is 12.3 Å². The van der Waals surface area contributed by atoms with E-state index in [4.69, 9.17) is 0 Å². The average molecular weight is 220 g/mol. The molecule has 2 atom stereocenters. The molecule has 0 aromatic rings. The Morgan fingerprint density at radius 2 is 2.06 bits per heavy atom. The molecule has 0 amide bonds. The third-order valence-corrected chi connectivity index (χ3v) is 3.96. The average Bonchev–Trinajstić information content (AvgIpc) is 2.49. The lowest BCUT2D eigenvalue weighted by Crippen LogP contribution is -2.16. The van der Waals surface area contributed by atoms with Crippen molar-refractivity contribution in [2.75, 3.05) is 0 Å². The van der Waals surface area contributed by atoms with Crippen LogP contribution < -0.4 is 0 Å². The molecule has 0 aromatic heterocycles. The molecular weight excluding hydrogens is 200 g/mol. The van der Waals surface area contributed by atoms with Gasteiger partial charge in [-0.05, 0) is 45.6 Å². The van der Waals surface area contributed by atoms with Crippen LogP contribution in [-0.4, -0.2) is 17.0 Å². The summed E-state index contributed by atoms with van der Waals surface area (Å²) in [5.74, 6) is 0.461. The van der Waals surface area contributed by atoms with E-state index < -0.39 is 0 Å². The van der Waals surface area contributed by atoms with Gasteiger partial charge in [-0.15, -0.1) is 0 Å². The van der Waals surface area contributed by atoms with Crippen molar-refractivity contribution in [1.82, 2.24) is 0 Å². The first-order valence-corrected chi connectivity index (χ1v) is 6.07. The number of Topliss-reactive ketones (excluding diaryl/α,β-unsaturated/α-hetero) is 1. The van der Waals surface area contributed by atoms with Crippen LogP contribution in [0.1, 0.15) is 46.5 Å². The number of allylic oxidation sites excluding steroid dienone is 3. The number of carbonyl (C=O) groups is 1. The summed E-state index contributed by atoms with van der Waals surface area (Å²) in [6.45, 7) is 6.04. The second-order valence-corrected chi connectivity index (χ2v) is 5.30. The van der Waals surface area contributed by atoms with E-state index >= 15 is 0 Å². The normalized spacial score (nSPS) is 30.5. The van der Waals surface area contributed by atoms with Gasteiger partial charge in [0.15, 0.2) is 5.78 Å². The molecule has 0 heterocycles. The number of hydrogen-bond acceptors (Lipinski definition) is 2. The molecule has 2 nitrogen and oxygen atoms in total. The number of rotatable bonds is 0.